The molecule has 0 aromatic carbocycles. The van der Waals surface area contributed by atoms with Crippen molar-refractivity contribution in [1.82, 2.24) is 15.3 Å². The summed E-state index contributed by atoms with van der Waals surface area (Å²) in [6.45, 7) is 2.47. The molecule has 2 aliphatic heterocycles. The number of hydrogen-bond acceptors (Lipinski definition) is 6. The fraction of sp³-hybridized carbons (Fsp3) is 0.615. The lowest BCUT2D eigenvalue weighted by atomic mass is 9.90. The summed E-state index contributed by atoms with van der Waals surface area (Å²) >= 11 is 0. The first-order chi connectivity index (χ1) is 9.72. The van der Waals surface area contributed by atoms with Crippen LogP contribution < -0.4 is 15.0 Å². The van der Waals surface area contributed by atoms with Gasteiger partial charge in [-0.05, 0) is 25.9 Å². The van der Waals surface area contributed by atoms with E-state index < -0.39 is 0 Å². The zero-order chi connectivity index (χ0) is 14.0. The van der Waals surface area contributed by atoms with Crippen LogP contribution in [0.2, 0.25) is 0 Å². The molecular formula is C13H18N4O3. The van der Waals surface area contributed by atoms with Crippen molar-refractivity contribution < 1.29 is 14.3 Å². The van der Waals surface area contributed by atoms with Crippen LogP contribution >= 0.6 is 0 Å². The molecule has 0 unspecified atom stereocenters. The third-order valence-electron chi connectivity index (χ3n) is 3.86. The van der Waals surface area contributed by atoms with Gasteiger partial charge in [-0.15, -0.1) is 0 Å². The quantitative estimate of drug-likeness (QED) is 0.818. The van der Waals surface area contributed by atoms with Gasteiger partial charge in [-0.25, -0.2) is 9.97 Å². The summed E-state index contributed by atoms with van der Waals surface area (Å²) < 4.78 is 10.8. The largest absolute Gasteiger partial charge is 0.480 e. The van der Waals surface area contributed by atoms with Crippen molar-refractivity contribution in [3.63, 3.8) is 0 Å². The number of nitrogens with one attached hydrogen (secondary N) is 1. The van der Waals surface area contributed by atoms with Crippen molar-refractivity contribution in [1.29, 1.82) is 0 Å². The molecule has 1 N–H and O–H groups in total. The number of rotatable bonds is 2. The van der Waals surface area contributed by atoms with Crippen LogP contribution in [0.5, 0.6) is 5.88 Å². The first kappa shape index (κ1) is 13.3. The predicted octanol–water partition coefficient (Wildman–Crippen LogP) is -0.0294. The average Bonchev–Trinajstić information content (AvgIpc) is 2.51. The summed E-state index contributed by atoms with van der Waals surface area (Å²) in [6, 6.07) is 0. The van der Waals surface area contributed by atoms with Crippen molar-refractivity contribution in [2.45, 2.75) is 18.4 Å². The summed E-state index contributed by atoms with van der Waals surface area (Å²) in [5.74, 6) is 0.914. The highest BCUT2D eigenvalue weighted by molar-refractivity contribution is 5.94. The number of methoxy groups -OCH3 is 1. The minimum Gasteiger partial charge on any atom is -0.480 e. The van der Waals surface area contributed by atoms with Crippen LogP contribution in [0.25, 0.3) is 0 Å². The van der Waals surface area contributed by atoms with Gasteiger partial charge in [-0.2, -0.15) is 0 Å². The van der Waals surface area contributed by atoms with Gasteiger partial charge in [-0.1, -0.05) is 0 Å². The molecule has 20 heavy (non-hydrogen) atoms. The first-order valence-electron chi connectivity index (χ1n) is 6.74. The molecule has 1 amide bonds. The predicted molar refractivity (Wildman–Crippen MR) is 71.7 cm³/mol. The number of carbonyl (C=O) groups excluding carboxylic acids is 1. The number of morpholine rings is 1. The lowest BCUT2D eigenvalue weighted by Crippen LogP contribution is -2.58. The maximum absolute atomic E-state index is 12.1. The van der Waals surface area contributed by atoms with E-state index in [2.05, 4.69) is 15.3 Å². The van der Waals surface area contributed by atoms with E-state index >= 15 is 0 Å². The Morgan fingerprint density at radius 2 is 2.15 bits per heavy atom. The SMILES string of the molecule is COc1cnc(N2CC3(CCNCC3)OCC2=O)cn1. The molecule has 1 aromatic heterocycles. The van der Waals surface area contributed by atoms with E-state index in [1.165, 1.54) is 13.3 Å². The maximum atomic E-state index is 12.1. The van der Waals surface area contributed by atoms with Gasteiger partial charge in [0.25, 0.3) is 5.91 Å². The molecule has 0 atom stereocenters. The Morgan fingerprint density at radius 3 is 2.80 bits per heavy atom. The van der Waals surface area contributed by atoms with Crippen molar-refractivity contribution in [3.05, 3.63) is 12.4 Å². The highest BCUT2D eigenvalue weighted by Gasteiger charge is 2.41. The van der Waals surface area contributed by atoms with E-state index in [0.29, 0.717) is 18.2 Å². The first-order valence-corrected chi connectivity index (χ1v) is 6.74. The van der Waals surface area contributed by atoms with Gasteiger partial charge >= 0.3 is 0 Å². The van der Waals surface area contributed by atoms with Gasteiger partial charge in [0.05, 0.1) is 31.6 Å². The zero-order valence-electron chi connectivity index (χ0n) is 11.5. The summed E-state index contributed by atoms with van der Waals surface area (Å²) in [7, 11) is 1.54. The summed E-state index contributed by atoms with van der Waals surface area (Å²) in [4.78, 5) is 22.1. The highest BCUT2D eigenvalue weighted by Crippen LogP contribution is 2.30. The minimum absolute atomic E-state index is 0.0753. The summed E-state index contributed by atoms with van der Waals surface area (Å²) in [6.07, 6.45) is 4.89. The monoisotopic (exact) mass is 278 g/mol. The Bertz CT molecular complexity index is 485. The van der Waals surface area contributed by atoms with Crippen LogP contribution in [0.4, 0.5) is 5.82 Å². The van der Waals surface area contributed by atoms with Gasteiger partial charge in [0.2, 0.25) is 5.88 Å². The molecule has 0 saturated carbocycles. The van der Waals surface area contributed by atoms with Crippen molar-refractivity contribution in [2.75, 3.05) is 38.3 Å². The standard InChI is InChI=1S/C13H18N4O3/c1-19-11-7-15-10(6-16-11)17-9-13(20-8-12(17)18)2-4-14-5-3-13/h6-7,14H,2-5,8-9H2,1H3. The normalized spacial score (nSPS) is 22.1. The van der Waals surface area contributed by atoms with Crippen molar-refractivity contribution in [3.8, 4) is 5.88 Å². The van der Waals surface area contributed by atoms with Gasteiger partial charge in [0, 0.05) is 0 Å². The van der Waals surface area contributed by atoms with Crippen LogP contribution in [0, 0.1) is 0 Å². The number of ether oxygens (including phenoxy) is 2. The van der Waals surface area contributed by atoms with E-state index in [0.717, 1.165) is 25.9 Å². The fourth-order valence-corrected chi connectivity index (χ4v) is 2.66. The van der Waals surface area contributed by atoms with Crippen LogP contribution in [0.3, 0.4) is 0 Å². The third kappa shape index (κ3) is 2.46. The maximum Gasteiger partial charge on any atom is 0.254 e. The van der Waals surface area contributed by atoms with Gasteiger partial charge in [-0.3, -0.25) is 9.69 Å². The van der Waals surface area contributed by atoms with Gasteiger partial charge in [0.15, 0.2) is 5.82 Å². The second kappa shape index (κ2) is 5.34. The highest BCUT2D eigenvalue weighted by atomic mass is 16.5. The van der Waals surface area contributed by atoms with Crippen molar-refractivity contribution in [2.24, 2.45) is 0 Å². The lowest BCUT2D eigenvalue weighted by molar-refractivity contribution is -0.141. The van der Waals surface area contributed by atoms with Crippen molar-refractivity contribution >= 4 is 11.7 Å². The third-order valence-corrected chi connectivity index (χ3v) is 3.86. The zero-order valence-corrected chi connectivity index (χ0v) is 11.5. The van der Waals surface area contributed by atoms with E-state index in [1.54, 1.807) is 11.1 Å². The molecule has 2 saturated heterocycles. The Hall–Kier alpha value is -1.73. The molecule has 7 heteroatoms. The molecule has 108 valence electrons. The van der Waals surface area contributed by atoms with Crippen LogP contribution in [-0.4, -0.2) is 54.8 Å². The average molecular weight is 278 g/mol. The molecule has 1 aromatic rings. The second-order valence-corrected chi connectivity index (χ2v) is 5.12. The number of amides is 1. The number of carbonyl (C=O) groups is 1. The number of anilines is 1. The van der Waals surface area contributed by atoms with Gasteiger partial charge < -0.3 is 14.8 Å². The smallest absolute Gasteiger partial charge is 0.254 e. The Balaban J connectivity index is 1.80. The van der Waals surface area contributed by atoms with Crippen LogP contribution in [0.15, 0.2) is 12.4 Å². The molecule has 2 aliphatic rings. The topological polar surface area (TPSA) is 76.6 Å². The molecule has 0 radical (unpaired) electrons. The Labute approximate surface area is 117 Å². The Kier molecular flexibility index (Phi) is 3.54. The minimum atomic E-state index is -0.249. The second-order valence-electron chi connectivity index (χ2n) is 5.12. The van der Waals surface area contributed by atoms with E-state index in [9.17, 15) is 4.79 Å². The molecule has 2 fully saturated rings. The van der Waals surface area contributed by atoms with E-state index in [4.69, 9.17) is 9.47 Å². The summed E-state index contributed by atoms with van der Waals surface area (Å²) in [5.41, 5.74) is -0.249. The molecule has 0 bridgehead atoms. The number of piperidine rings is 1. The van der Waals surface area contributed by atoms with Gasteiger partial charge in [0.1, 0.15) is 6.61 Å². The number of nitrogens with zero attached hydrogens (tertiary/aromatic N) is 3. The number of aromatic nitrogens is 2. The summed E-state index contributed by atoms with van der Waals surface area (Å²) in [5, 5.41) is 3.31. The number of hydrogen-bond donors (Lipinski definition) is 1. The Morgan fingerprint density at radius 1 is 1.35 bits per heavy atom. The molecule has 3 heterocycles. The molecular weight excluding hydrogens is 260 g/mol. The molecule has 0 aliphatic carbocycles. The van der Waals surface area contributed by atoms with E-state index in [1.807, 2.05) is 0 Å². The van der Waals surface area contributed by atoms with E-state index in [-0.39, 0.29) is 18.1 Å². The van der Waals surface area contributed by atoms with Crippen LogP contribution in [-0.2, 0) is 9.53 Å². The fourth-order valence-electron chi connectivity index (χ4n) is 2.66. The lowest BCUT2D eigenvalue weighted by Gasteiger charge is -2.44. The molecule has 7 nitrogen and oxygen atoms in total. The van der Waals surface area contributed by atoms with Crippen LogP contribution in [0.1, 0.15) is 12.8 Å². The molecule has 3 rings (SSSR count). The molecule has 1 spiro atoms.